The van der Waals surface area contributed by atoms with Crippen LogP contribution in [0, 0.1) is 12.3 Å². The summed E-state index contributed by atoms with van der Waals surface area (Å²) < 4.78 is 0. The topological polar surface area (TPSA) is 80.0 Å². The van der Waals surface area contributed by atoms with Crippen LogP contribution in [0.2, 0.25) is 0 Å². The normalized spacial score (nSPS) is 25.9. The van der Waals surface area contributed by atoms with E-state index < -0.39 is 0 Å². The molecule has 0 saturated carbocycles. The number of nitrogens with two attached hydrogens (primary N) is 2. The third-order valence-electron chi connectivity index (χ3n) is 5.58. The summed E-state index contributed by atoms with van der Waals surface area (Å²) in [5, 5.41) is 0. The molecule has 1 aliphatic carbocycles. The summed E-state index contributed by atoms with van der Waals surface area (Å²) in [4.78, 5) is 11.3. The molecule has 1 atom stereocenters. The number of allylic oxidation sites excluding steroid dienone is 3. The van der Waals surface area contributed by atoms with Gasteiger partial charge in [-0.05, 0) is 49.7 Å². The fourth-order valence-corrected chi connectivity index (χ4v) is 3.96. The van der Waals surface area contributed by atoms with E-state index in [1.165, 1.54) is 11.1 Å². The minimum absolute atomic E-state index is 0.175. The molecule has 5 heteroatoms. The Kier molecular flexibility index (Phi) is 5.83. The molecule has 4 N–H and O–H groups in total. The first-order valence-corrected chi connectivity index (χ1v) is 9.55. The molecule has 0 spiro atoms. The van der Waals surface area contributed by atoms with Gasteiger partial charge in [-0.2, -0.15) is 0 Å². The maximum absolute atomic E-state index is 6.00. The van der Waals surface area contributed by atoms with Crippen molar-refractivity contribution in [1.29, 1.82) is 0 Å². The lowest BCUT2D eigenvalue weighted by atomic mass is 9.67. The third-order valence-corrected chi connectivity index (χ3v) is 5.58. The molecular weight excluding hydrogens is 346 g/mol. The van der Waals surface area contributed by atoms with E-state index in [1.54, 1.807) is 25.7 Å². The van der Waals surface area contributed by atoms with Gasteiger partial charge in [0, 0.05) is 38.0 Å². The molecule has 1 fully saturated rings. The molecule has 5 nitrogen and oxygen atoms in total. The van der Waals surface area contributed by atoms with Crippen LogP contribution in [0.3, 0.4) is 0 Å². The summed E-state index contributed by atoms with van der Waals surface area (Å²) in [6, 6.07) is 8.22. The number of hydrogen-bond donors (Lipinski definition) is 2. The van der Waals surface area contributed by atoms with E-state index in [-0.39, 0.29) is 5.41 Å². The van der Waals surface area contributed by atoms with Crippen molar-refractivity contribution in [3.05, 3.63) is 77.8 Å². The monoisotopic (exact) mass is 375 g/mol. The van der Waals surface area contributed by atoms with E-state index in [9.17, 15) is 0 Å². The summed E-state index contributed by atoms with van der Waals surface area (Å²) in [6.45, 7) is 7.91. The van der Waals surface area contributed by atoms with Crippen LogP contribution in [0.5, 0.6) is 0 Å². The Morgan fingerprint density at radius 3 is 2.61 bits per heavy atom. The third kappa shape index (κ3) is 3.79. The van der Waals surface area contributed by atoms with E-state index in [0.29, 0.717) is 0 Å². The highest BCUT2D eigenvalue weighted by molar-refractivity contribution is 6.11. The zero-order valence-electron chi connectivity index (χ0n) is 16.7. The Balaban J connectivity index is 1.98. The zero-order chi connectivity index (χ0) is 20.1. The van der Waals surface area contributed by atoms with Crippen molar-refractivity contribution in [2.75, 3.05) is 20.1 Å². The maximum Gasteiger partial charge on any atom is 0.0705 e. The second kappa shape index (κ2) is 8.30. The Bertz CT molecular complexity index is 886. The van der Waals surface area contributed by atoms with Crippen LogP contribution in [0.4, 0.5) is 5.69 Å². The Morgan fingerprint density at radius 1 is 1.25 bits per heavy atom. The van der Waals surface area contributed by atoms with Crippen LogP contribution in [-0.4, -0.2) is 37.0 Å². The predicted octanol–water partition coefficient (Wildman–Crippen LogP) is 3.62. The minimum atomic E-state index is -0.175. The first kappa shape index (κ1) is 19.7. The SMILES string of the molecule is C=CC12CC(=CN)C(=Nc3ccc(C)cc3)C=C1CCN(C(C=NC)=CN)C2. The van der Waals surface area contributed by atoms with Crippen molar-refractivity contribution >= 4 is 17.6 Å². The molecule has 0 radical (unpaired) electrons. The van der Waals surface area contributed by atoms with E-state index >= 15 is 0 Å². The van der Waals surface area contributed by atoms with Gasteiger partial charge < -0.3 is 16.4 Å². The van der Waals surface area contributed by atoms with Gasteiger partial charge in [0.1, 0.15) is 0 Å². The number of likely N-dealkylation sites (tertiary alicyclic amines) is 1. The van der Waals surface area contributed by atoms with E-state index in [4.69, 9.17) is 16.5 Å². The molecule has 0 bridgehead atoms. The molecule has 0 aromatic heterocycles. The molecule has 28 heavy (non-hydrogen) atoms. The van der Waals surface area contributed by atoms with Crippen LogP contribution in [0.15, 0.2) is 82.2 Å². The van der Waals surface area contributed by atoms with Crippen LogP contribution >= 0.6 is 0 Å². The van der Waals surface area contributed by atoms with Gasteiger partial charge in [0.15, 0.2) is 0 Å². The van der Waals surface area contributed by atoms with Crippen molar-refractivity contribution in [1.82, 2.24) is 4.90 Å². The molecule has 1 aromatic carbocycles. The number of rotatable bonds is 4. The first-order valence-electron chi connectivity index (χ1n) is 9.55. The lowest BCUT2D eigenvalue weighted by Gasteiger charge is -2.46. The number of benzene rings is 1. The molecule has 1 aliphatic heterocycles. The lowest BCUT2D eigenvalue weighted by Crippen LogP contribution is -2.46. The minimum Gasteiger partial charge on any atom is -0.404 e. The Hall–Kier alpha value is -3.08. The molecule has 0 amide bonds. The summed E-state index contributed by atoms with van der Waals surface area (Å²) >= 11 is 0. The molecule has 1 saturated heterocycles. The van der Waals surface area contributed by atoms with Gasteiger partial charge in [0.05, 0.1) is 17.1 Å². The molecule has 3 rings (SSSR count). The van der Waals surface area contributed by atoms with Gasteiger partial charge in [-0.1, -0.05) is 29.3 Å². The van der Waals surface area contributed by atoms with Gasteiger partial charge in [-0.15, -0.1) is 6.58 Å². The summed E-state index contributed by atoms with van der Waals surface area (Å²) in [6.07, 6.45) is 11.0. The van der Waals surface area contributed by atoms with Crippen LogP contribution < -0.4 is 11.5 Å². The second-order valence-electron chi connectivity index (χ2n) is 7.38. The van der Waals surface area contributed by atoms with E-state index in [2.05, 4.69) is 41.6 Å². The van der Waals surface area contributed by atoms with Crippen LogP contribution in [0.25, 0.3) is 0 Å². The van der Waals surface area contributed by atoms with Crippen molar-refractivity contribution in [2.24, 2.45) is 26.9 Å². The zero-order valence-corrected chi connectivity index (χ0v) is 16.7. The number of hydrogen-bond acceptors (Lipinski definition) is 5. The van der Waals surface area contributed by atoms with Crippen LogP contribution in [-0.2, 0) is 0 Å². The number of aryl methyl sites for hydroxylation is 1. The second-order valence-corrected chi connectivity index (χ2v) is 7.38. The van der Waals surface area contributed by atoms with Gasteiger partial charge in [0.2, 0.25) is 0 Å². The van der Waals surface area contributed by atoms with Crippen LogP contribution in [0.1, 0.15) is 18.4 Å². The number of fused-ring (bicyclic) bond motifs is 1. The highest BCUT2D eigenvalue weighted by Gasteiger charge is 2.41. The van der Waals surface area contributed by atoms with Crippen molar-refractivity contribution in [3.63, 3.8) is 0 Å². The summed E-state index contributed by atoms with van der Waals surface area (Å²) in [5.41, 5.74) is 18.1. The standard InChI is InChI=1S/C23H29N5/c1-4-23-12-18(13-24)22(27-20-7-5-17(2)6-8-20)11-19(23)9-10-28(16-23)21(14-25)15-26-3/h4-8,11,13-15H,1,9-10,12,16,24-25H2,2-3H3. The van der Waals surface area contributed by atoms with E-state index in [1.807, 2.05) is 18.2 Å². The molecular formula is C23H29N5. The lowest BCUT2D eigenvalue weighted by molar-refractivity contribution is 0.222. The average Bonchev–Trinajstić information content (AvgIpc) is 2.72. The van der Waals surface area contributed by atoms with Gasteiger partial charge in [0.25, 0.3) is 0 Å². The molecule has 2 aliphatic rings. The Morgan fingerprint density at radius 2 is 2.00 bits per heavy atom. The quantitative estimate of drug-likeness (QED) is 0.623. The fourth-order valence-electron chi connectivity index (χ4n) is 3.96. The molecule has 146 valence electrons. The molecule has 1 unspecified atom stereocenters. The highest BCUT2D eigenvalue weighted by Crippen LogP contribution is 2.45. The predicted molar refractivity (Wildman–Crippen MR) is 119 cm³/mol. The van der Waals surface area contributed by atoms with Gasteiger partial charge in [-0.3, -0.25) is 4.99 Å². The molecule has 1 aromatic rings. The highest BCUT2D eigenvalue weighted by atomic mass is 15.2. The number of nitrogens with zero attached hydrogens (tertiary/aromatic N) is 3. The first-order chi connectivity index (χ1) is 13.5. The summed E-state index contributed by atoms with van der Waals surface area (Å²) in [7, 11) is 1.76. The maximum atomic E-state index is 6.00. The van der Waals surface area contributed by atoms with Gasteiger partial charge in [-0.25, -0.2) is 4.99 Å². The smallest absolute Gasteiger partial charge is 0.0705 e. The fraction of sp³-hybridized carbons (Fsp3) is 0.304. The molecule has 1 heterocycles. The number of aliphatic imine (C=N–C) groups is 2. The van der Waals surface area contributed by atoms with Crippen molar-refractivity contribution in [2.45, 2.75) is 19.8 Å². The average molecular weight is 376 g/mol. The van der Waals surface area contributed by atoms with Crippen molar-refractivity contribution in [3.8, 4) is 0 Å². The largest absolute Gasteiger partial charge is 0.404 e. The van der Waals surface area contributed by atoms with E-state index in [0.717, 1.165) is 48.6 Å². The number of piperidine rings is 1. The Labute approximate surface area is 167 Å². The van der Waals surface area contributed by atoms with Crippen molar-refractivity contribution < 1.29 is 0 Å². The van der Waals surface area contributed by atoms with Gasteiger partial charge >= 0.3 is 0 Å². The summed E-state index contributed by atoms with van der Waals surface area (Å²) in [5.74, 6) is 0.